The summed E-state index contributed by atoms with van der Waals surface area (Å²) in [6, 6.07) is 6.56. The fourth-order valence-corrected chi connectivity index (χ4v) is 4.89. The second kappa shape index (κ2) is 7.48. The molecular weight excluding hydrogens is 401 g/mol. The highest BCUT2D eigenvalue weighted by Gasteiger charge is 2.24. The topological polar surface area (TPSA) is 70.4 Å². The Morgan fingerprint density at radius 3 is 2.73 bits per heavy atom. The molecule has 2 atom stereocenters. The van der Waals surface area contributed by atoms with E-state index in [1.54, 1.807) is 4.40 Å². The Balaban J connectivity index is 1.41. The third-order valence-corrected chi connectivity index (χ3v) is 6.01. The van der Waals surface area contributed by atoms with E-state index >= 15 is 0 Å². The molecule has 2 N–H and O–H groups in total. The van der Waals surface area contributed by atoms with Crippen molar-refractivity contribution in [3.05, 3.63) is 47.7 Å². The number of aromatic nitrogens is 4. The Morgan fingerprint density at radius 1 is 1.17 bits per heavy atom. The number of pyridine rings is 1. The van der Waals surface area contributed by atoms with Gasteiger partial charge in [0.1, 0.15) is 11.0 Å². The molecule has 3 aromatic heterocycles. The van der Waals surface area contributed by atoms with Crippen LogP contribution in [0, 0.1) is 12.7 Å². The van der Waals surface area contributed by atoms with E-state index < -0.39 is 0 Å². The molecule has 0 aliphatic carbocycles. The summed E-state index contributed by atoms with van der Waals surface area (Å²) in [7, 11) is 0. The number of halogens is 1. The van der Waals surface area contributed by atoms with Crippen molar-refractivity contribution in [2.75, 3.05) is 23.3 Å². The number of hydrogen-bond donors (Lipinski definition) is 2. The lowest BCUT2D eigenvalue weighted by Crippen LogP contribution is -2.54. The number of aryl methyl sites for hydroxylation is 1. The zero-order chi connectivity index (χ0) is 20.8. The van der Waals surface area contributed by atoms with Crippen LogP contribution in [0.2, 0.25) is 0 Å². The lowest BCUT2D eigenvalue weighted by molar-refractivity contribution is 0.407. The molecule has 0 amide bonds. The Labute approximate surface area is 178 Å². The van der Waals surface area contributed by atoms with Crippen molar-refractivity contribution < 1.29 is 4.39 Å². The van der Waals surface area contributed by atoms with E-state index in [9.17, 15) is 4.39 Å². The fraction of sp³-hybridized carbons (Fsp3) is 0.381. The van der Waals surface area contributed by atoms with Gasteiger partial charge in [0, 0.05) is 55.7 Å². The van der Waals surface area contributed by atoms with E-state index in [0.29, 0.717) is 30.0 Å². The summed E-state index contributed by atoms with van der Waals surface area (Å²) in [5.74, 6) is -0.342. The van der Waals surface area contributed by atoms with Gasteiger partial charge in [0.15, 0.2) is 11.5 Å². The van der Waals surface area contributed by atoms with Crippen molar-refractivity contribution in [1.29, 1.82) is 0 Å². The molecule has 1 fully saturated rings. The molecule has 1 aliphatic rings. The summed E-state index contributed by atoms with van der Waals surface area (Å²) < 4.78 is 25.2. The first-order valence-corrected chi connectivity index (χ1v) is 10.8. The lowest BCUT2D eigenvalue weighted by atomic mass is 10.1. The van der Waals surface area contributed by atoms with Crippen LogP contribution in [0.1, 0.15) is 25.1 Å². The average molecular weight is 426 g/mol. The van der Waals surface area contributed by atoms with Crippen LogP contribution in [0.25, 0.3) is 16.7 Å². The van der Waals surface area contributed by atoms with Gasteiger partial charge in [-0.25, -0.2) is 9.37 Å². The van der Waals surface area contributed by atoms with Gasteiger partial charge in [-0.1, -0.05) is 6.07 Å². The molecule has 1 saturated heterocycles. The Bertz CT molecular complexity index is 1210. The quantitative estimate of drug-likeness (QED) is 0.521. The zero-order valence-corrected chi connectivity index (χ0v) is 18.0. The maximum atomic E-state index is 14.4. The van der Waals surface area contributed by atoms with E-state index in [-0.39, 0.29) is 5.82 Å². The molecule has 7 nitrogen and oxygen atoms in total. The first kappa shape index (κ1) is 19.2. The van der Waals surface area contributed by atoms with Crippen LogP contribution in [0.15, 0.2) is 30.6 Å². The number of nitrogens with zero attached hydrogens (tertiary/aromatic N) is 5. The molecule has 4 heterocycles. The largest absolute Gasteiger partial charge is 0.380 e. The van der Waals surface area contributed by atoms with Gasteiger partial charge in [-0.3, -0.25) is 0 Å². The maximum absolute atomic E-state index is 14.4. The van der Waals surface area contributed by atoms with Gasteiger partial charge >= 0.3 is 0 Å². The van der Waals surface area contributed by atoms with Crippen molar-refractivity contribution in [3.8, 4) is 0 Å². The number of fused-ring (bicyclic) bond motifs is 2. The molecule has 0 spiro atoms. The maximum Gasteiger partial charge on any atom is 0.173 e. The summed E-state index contributed by atoms with van der Waals surface area (Å²) >= 11 is 1.23. The summed E-state index contributed by atoms with van der Waals surface area (Å²) in [5.41, 5.74) is 5.84. The zero-order valence-electron chi connectivity index (χ0n) is 17.2. The van der Waals surface area contributed by atoms with Crippen molar-refractivity contribution in [2.24, 2.45) is 0 Å². The molecule has 9 heteroatoms. The number of hydrogen-bond acceptors (Lipinski definition) is 7. The third kappa shape index (κ3) is 3.48. The predicted molar refractivity (Wildman–Crippen MR) is 119 cm³/mol. The van der Waals surface area contributed by atoms with Crippen molar-refractivity contribution in [3.63, 3.8) is 0 Å². The number of rotatable bonds is 4. The number of imidazole rings is 1. The first-order valence-electron chi connectivity index (χ1n) is 10.1. The van der Waals surface area contributed by atoms with Crippen LogP contribution < -0.4 is 15.5 Å². The minimum atomic E-state index is -0.342. The highest BCUT2D eigenvalue weighted by atomic mass is 32.1. The Morgan fingerprint density at radius 2 is 1.93 bits per heavy atom. The second-order valence-corrected chi connectivity index (χ2v) is 8.65. The molecule has 0 radical (unpaired) electrons. The Hall–Kier alpha value is -2.78. The van der Waals surface area contributed by atoms with Crippen LogP contribution in [0.4, 0.5) is 15.8 Å². The fourth-order valence-electron chi connectivity index (χ4n) is 4.30. The van der Waals surface area contributed by atoms with Crippen molar-refractivity contribution in [1.82, 2.24) is 23.4 Å². The molecule has 5 rings (SSSR count). The molecule has 0 unspecified atom stereocenters. The number of anilines is 2. The summed E-state index contributed by atoms with van der Waals surface area (Å²) in [5, 5.41) is 6.89. The minimum absolute atomic E-state index is 0.341. The molecule has 30 heavy (non-hydrogen) atoms. The lowest BCUT2D eigenvalue weighted by Gasteiger charge is -2.37. The van der Waals surface area contributed by atoms with Crippen LogP contribution in [0.3, 0.4) is 0 Å². The van der Waals surface area contributed by atoms with Gasteiger partial charge in [-0.2, -0.15) is 8.75 Å². The summed E-state index contributed by atoms with van der Waals surface area (Å²) in [6.45, 7) is 8.68. The first-order chi connectivity index (χ1) is 14.5. The van der Waals surface area contributed by atoms with E-state index in [1.165, 1.54) is 17.8 Å². The van der Waals surface area contributed by atoms with E-state index in [0.717, 1.165) is 41.1 Å². The molecule has 1 aromatic carbocycles. The van der Waals surface area contributed by atoms with Gasteiger partial charge in [0.25, 0.3) is 0 Å². The number of benzene rings is 1. The highest BCUT2D eigenvalue weighted by Crippen LogP contribution is 2.30. The van der Waals surface area contributed by atoms with Gasteiger partial charge in [0.05, 0.1) is 28.8 Å². The van der Waals surface area contributed by atoms with Gasteiger partial charge in [0.2, 0.25) is 0 Å². The van der Waals surface area contributed by atoms with Crippen LogP contribution in [0.5, 0.6) is 0 Å². The molecule has 0 bridgehead atoms. The Kier molecular flexibility index (Phi) is 4.79. The molecule has 156 valence electrons. The van der Waals surface area contributed by atoms with Gasteiger partial charge < -0.3 is 19.9 Å². The van der Waals surface area contributed by atoms with Crippen LogP contribution in [-0.4, -0.2) is 43.3 Å². The molecule has 0 saturated carbocycles. The summed E-state index contributed by atoms with van der Waals surface area (Å²) in [4.78, 5) is 6.59. The second-order valence-electron chi connectivity index (χ2n) is 8.12. The monoisotopic (exact) mass is 425 g/mol. The molecular formula is C21H24FN7S. The van der Waals surface area contributed by atoms with E-state index in [4.69, 9.17) is 0 Å². The van der Waals surface area contributed by atoms with Crippen molar-refractivity contribution >= 4 is 39.8 Å². The van der Waals surface area contributed by atoms with Crippen LogP contribution in [-0.2, 0) is 6.54 Å². The normalized spacial score (nSPS) is 19.7. The smallest absolute Gasteiger partial charge is 0.173 e. The van der Waals surface area contributed by atoms with E-state index in [2.05, 4.69) is 55.2 Å². The third-order valence-electron chi connectivity index (χ3n) is 5.49. The minimum Gasteiger partial charge on any atom is -0.380 e. The highest BCUT2D eigenvalue weighted by molar-refractivity contribution is 7.00. The van der Waals surface area contributed by atoms with Crippen LogP contribution >= 0.6 is 11.7 Å². The van der Waals surface area contributed by atoms with Crippen molar-refractivity contribution in [2.45, 2.75) is 39.4 Å². The number of nitrogens with one attached hydrogen (secondary N) is 2. The molecule has 4 aromatic rings. The summed E-state index contributed by atoms with van der Waals surface area (Å²) in [6.07, 6.45) is 3.67. The van der Waals surface area contributed by atoms with Gasteiger partial charge in [-0.05, 0) is 26.8 Å². The van der Waals surface area contributed by atoms with E-state index in [1.807, 2.05) is 19.3 Å². The SMILES string of the molecule is Cc1cn2cc(NCc3ccc(N4C[C@H](C)N[C@@H](C)C4)c4nsnc34)cc(F)c2n1. The average Bonchev–Trinajstić information content (AvgIpc) is 3.32. The molecule has 1 aliphatic heterocycles. The number of piperazine rings is 1. The van der Waals surface area contributed by atoms with Gasteiger partial charge in [-0.15, -0.1) is 0 Å². The predicted octanol–water partition coefficient (Wildman–Crippen LogP) is 3.59. The standard InChI is InChI=1S/C21H24FN7S/c1-12-8-28(9-13(2)24-12)18-5-4-15(19-20(18)27-30-26-19)7-23-16-6-17(22)21-25-14(3)10-29(21)11-16/h4-6,10-13,23-24H,7-9H2,1-3H3/t12-,13-/m0/s1.